The van der Waals surface area contributed by atoms with E-state index < -0.39 is 0 Å². The van der Waals surface area contributed by atoms with Crippen LogP contribution in [-0.4, -0.2) is 26.1 Å². The zero-order chi connectivity index (χ0) is 15.8. The van der Waals surface area contributed by atoms with Crippen LogP contribution in [0.25, 0.3) is 11.2 Å². The Balaban J connectivity index is 1.77. The number of benzene rings is 1. The van der Waals surface area contributed by atoms with Crippen LogP contribution in [0, 0.1) is 0 Å². The van der Waals surface area contributed by atoms with E-state index in [0.29, 0.717) is 27.2 Å². The van der Waals surface area contributed by atoms with E-state index in [1.54, 1.807) is 6.33 Å². The molecule has 2 aromatic heterocycles. The Hall–Kier alpha value is -1.83. The minimum Gasteiger partial charge on any atom is -0.358 e. The molecule has 1 fully saturated rings. The molecule has 3 heterocycles. The van der Waals surface area contributed by atoms with Gasteiger partial charge in [0.05, 0.1) is 6.33 Å². The molecule has 0 saturated carbocycles. The van der Waals surface area contributed by atoms with Gasteiger partial charge in [0.1, 0.15) is 6.23 Å². The lowest BCUT2D eigenvalue weighted by Crippen LogP contribution is -2.07. The molecule has 0 aliphatic carbocycles. The molecule has 1 aliphatic heterocycles. The number of hydrogen-bond acceptors (Lipinski definition) is 6. The van der Waals surface area contributed by atoms with Gasteiger partial charge in [-0.1, -0.05) is 17.7 Å². The Morgan fingerprint density at radius 2 is 2.26 bits per heavy atom. The van der Waals surface area contributed by atoms with Gasteiger partial charge < -0.3 is 10.1 Å². The minimum absolute atomic E-state index is 0.0262. The summed E-state index contributed by atoms with van der Waals surface area (Å²) in [6.07, 6.45) is 3.71. The van der Waals surface area contributed by atoms with Gasteiger partial charge in [-0.05, 0) is 31.0 Å². The first-order valence-electron chi connectivity index (χ1n) is 7.28. The topological polar surface area (TPSA) is 64.9 Å². The van der Waals surface area contributed by atoms with Gasteiger partial charge in [-0.25, -0.2) is 15.0 Å². The molecule has 118 valence electrons. The standard InChI is InChI=1S/C15H14ClN5OS/c16-9-3-1-4-10(7-9)18-13-12-14(20-15(23)19-13)21(8-17-12)11-5-2-6-22-11/h1,3-4,7-8,11H,2,5-6H2,(H2,18,19,20,23). The highest BCUT2D eigenvalue weighted by atomic mass is 35.5. The predicted octanol–water partition coefficient (Wildman–Crippen LogP) is 3.82. The summed E-state index contributed by atoms with van der Waals surface area (Å²) in [4.78, 5) is 13.2. The fraction of sp³-hybridized carbons (Fsp3) is 0.267. The maximum absolute atomic E-state index is 6.03. The highest BCUT2D eigenvalue weighted by Crippen LogP contribution is 2.30. The summed E-state index contributed by atoms with van der Waals surface area (Å²) in [6.45, 7) is 0.761. The number of hydrogen-bond donors (Lipinski definition) is 2. The van der Waals surface area contributed by atoms with Gasteiger partial charge in [0, 0.05) is 17.3 Å². The Morgan fingerprint density at radius 3 is 3.04 bits per heavy atom. The molecular formula is C15H14ClN5OS. The molecule has 1 saturated heterocycles. The second-order valence-corrected chi connectivity index (χ2v) is 6.14. The Labute approximate surface area is 143 Å². The number of thiol groups is 1. The van der Waals surface area contributed by atoms with Crippen molar-refractivity contribution < 1.29 is 4.74 Å². The molecule has 1 N–H and O–H groups in total. The van der Waals surface area contributed by atoms with Crippen LogP contribution in [0.3, 0.4) is 0 Å². The number of nitrogens with one attached hydrogen (secondary N) is 1. The van der Waals surface area contributed by atoms with Crippen molar-refractivity contribution in [3.05, 3.63) is 35.6 Å². The number of aromatic nitrogens is 4. The van der Waals surface area contributed by atoms with Gasteiger partial charge >= 0.3 is 0 Å². The predicted molar refractivity (Wildman–Crippen MR) is 91.5 cm³/mol. The fourth-order valence-electron chi connectivity index (χ4n) is 2.69. The summed E-state index contributed by atoms with van der Waals surface area (Å²) in [6, 6.07) is 7.42. The summed E-state index contributed by atoms with van der Waals surface area (Å²) in [5.41, 5.74) is 2.22. The largest absolute Gasteiger partial charge is 0.358 e. The van der Waals surface area contributed by atoms with E-state index >= 15 is 0 Å². The lowest BCUT2D eigenvalue weighted by molar-refractivity contribution is 0.0592. The maximum atomic E-state index is 6.03. The van der Waals surface area contributed by atoms with Crippen LogP contribution in [-0.2, 0) is 4.74 Å². The molecule has 23 heavy (non-hydrogen) atoms. The zero-order valence-electron chi connectivity index (χ0n) is 12.1. The third-order valence-corrected chi connectivity index (χ3v) is 4.15. The van der Waals surface area contributed by atoms with Crippen molar-refractivity contribution in [3.63, 3.8) is 0 Å². The van der Waals surface area contributed by atoms with Crippen molar-refractivity contribution in [3.8, 4) is 0 Å². The third-order valence-electron chi connectivity index (χ3n) is 3.71. The van der Waals surface area contributed by atoms with Crippen molar-refractivity contribution >= 4 is 46.9 Å². The summed E-state index contributed by atoms with van der Waals surface area (Å²) in [5, 5.41) is 4.26. The van der Waals surface area contributed by atoms with Gasteiger partial charge in [0.2, 0.25) is 0 Å². The smallest absolute Gasteiger partial charge is 0.188 e. The number of rotatable bonds is 3. The minimum atomic E-state index is -0.0262. The van der Waals surface area contributed by atoms with E-state index in [9.17, 15) is 0 Å². The second kappa shape index (κ2) is 5.99. The maximum Gasteiger partial charge on any atom is 0.188 e. The summed E-state index contributed by atoms with van der Waals surface area (Å²) in [5.74, 6) is 0.596. The third kappa shape index (κ3) is 2.87. The molecule has 0 amide bonds. The van der Waals surface area contributed by atoms with Crippen LogP contribution >= 0.6 is 24.2 Å². The van der Waals surface area contributed by atoms with E-state index in [2.05, 4.69) is 32.9 Å². The van der Waals surface area contributed by atoms with Crippen molar-refractivity contribution in [1.29, 1.82) is 0 Å². The van der Waals surface area contributed by atoms with Crippen LogP contribution in [0.2, 0.25) is 5.02 Å². The number of anilines is 2. The van der Waals surface area contributed by atoms with Gasteiger partial charge in [-0.2, -0.15) is 0 Å². The van der Waals surface area contributed by atoms with Crippen LogP contribution in [0.15, 0.2) is 35.7 Å². The van der Waals surface area contributed by atoms with Crippen molar-refractivity contribution in [2.45, 2.75) is 24.2 Å². The number of nitrogens with zero attached hydrogens (tertiary/aromatic N) is 4. The molecule has 6 nitrogen and oxygen atoms in total. The summed E-state index contributed by atoms with van der Waals surface area (Å²) < 4.78 is 7.66. The van der Waals surface area contributed by atoms with Crippen LogP contribution < -0.4 is 5.32 Å². The molecule has 1 unspecified atom stereocenters. The van der Waals surface area contributed by atoms with Gasteiger partial charge in [-0.3, -0.25) is 4.57 Å². The van der Waals surface area contributed by atoms with Gasteiger partial charge in [-0.15, -0.1) is 12.6 Å². The van der Waals surface area contributed by atoms with Crippen LogP contribution in [0.4, 0.5) is 11.5 Å². The quantitative estimate of drug-likeness (QED) is 0.557. The lowest BCUT2D eigenvalue weighted by Gasteiger charge is -2.12. The fourth-order valence-corrected chi connectivity index (χ4v) is 3.07. The average molecular weight is 348 g/mol. The number of ether oxygens (including phenoxy) is 1. The number of fused-ring (bicyclic) bond motifs is 1. The van der Waals surface area contributed by atoms with Gasteiger partial charge in [0.15, 0.2) is 22.1 Å². The molecule has 1 aliphatic rings. The highest BCUT2D eigenvalue weighted by molar-refractivity contribution is 7.80. The molecule has 1 atom stereocenters. The SMILES string of the molecule is Sc1nc(Nc2cccc(Cl)c2)c2ncn(C3CCCO3)c2n1. The summed E-state index contributed by atoms with van der Waals surface area (Å²) in [7, 11) is 0. The molecule has 1 aromatic carbocycles. The molecule has 3 aromatic rings. The number of imidazole rings is 1. The monoisotopic (exact) mass is 347 g/mol. The number of halogens is 1. The second-order valence-electron chi connectivity index (χ2n) is 5.30. The normalized spacial score (nSPS) is 17.7. The molecule has 4 rings (SSSR count). The van der Waals surface area contributed by atoms with Gasteiger partial charge in [0.25, 0.3) is 0 Å². The van der Waals surface area contributed by atoms with Crippen LogP contribution in [0.1, 0.15) is 19.1 Å². The molecule has 0 bridgehead atoms. The Kier molecular flexibility index (Phi) is 3.84. The first kappa shape index (κ1) is 14.7. The van der Waals surface area contributed by atoms with E-state index in [-0.39, 0.29) is 6.23 Å². The van der Waals surface area contributed by atoms with Crippen LogP contribution in [0.5, 0.6) is 0 Å². The van der Waals surface area contributed by atoms with E-state index in [4.69, 9.17) is 16.3 Å². The van der Waals surface area contributed by atoms with Crippen molar-refractivity contribution in [2.75, 3.05) is 11.9 Å². The van der Waals surface area contributed by atoms with Crippen molar-refractivity contribution in [2.24, 2.45) is 0 Å². The summed E-state index contributed by atoms with van der Waals surface area (Å²) >= 11 is 10.3. The highest BCUT2D eigenvalue weighted by Gasteiger charge is 2.22. The zero-order valence-corrected chi connectivity index (χ0v) is 13.8. The molecule has 0 spiro atoms. The van der Waals surface area contributed by atoms with E-state index in [0.717, 1.165) is 25.1 Å². The Bertz CT molecular complexity index is 862. The lowest BCUT2D eigenvalue weighted by atomic mass is 10.3. The molecular weight excluding hydrogens is 334 g/mol. The van der Waals surface area contributed by atoms with Crippen molar-refractivity contribution in [1.82, 2.24) is 19.5 Å². The van der Waals surface area contributed by atoms with E-state index in [1.165, 1.54) is 0 Å². The molecule has 8 heteroatoms. The molecule has 0 radical (unpaired) electrons. The first-order valence-corrected chi connectivity index (χ1v) is 8.11. The average Bonchev–Trinajstić information content (AvgIpc) is 3.15. The van der Waals surface area contributed by atoms with E-state index in [1.807, 2.05) is 28.8 Å². The first-order chi connectivity index (χ1) is 11.2. The Morgan fingerprint density at radius 1 is 1.35 bits per heavy atom.